The molecule has 218 valence electrons. The number of phenols is 2. The van der Waals surface area contributed by atoms with Crippen LogP contribution < -0.4 is 0 Å². The van der Waals surface area contributed by atoms with Crippen LogP contribution in [0, 0.1) is 0 Å². The zero-order valence-electron chi connectivity index (χ0n) is 22.0. The third kappa shape index (κ3) is 5.45. The normalized spacial score (nSPS) is 11.5. The number of rotatable bonds is 8. The summed E-state index contributed by atoms with van der Waals surface area (Å²) in [5.41, 5.74) is -1.04. The molecule has 6 N–H and O–H groups in total. The number of hydrogen-bond donors (Lipinski definition) is 6. The van der Waals surface area contributed by atoms with Crippen molar-refractivity contribution in [3.05, 3.63) is 95.1 Å². The van der Waals surface area contributed by atoms with Crippen molar-refractivity contribution in [2.45, 2.75) is 0 Å². The van der Waals surface area contributed by atoms with E-state index >= 15 is 0 Å². The van der Waals surface area contributed by atoms with Crippen molar-refractivity contribution >= 4 is 68.2 Å². The molecule has 0 unspecified atom stereocenters. The standard InChI is InChI=1S/C30H18N4O10/c35-25-21(29(41)42)11-15-9-13(27(37)38)1-7-19(15)23(25)33-31-17-3-5-18(6-4-17)32-34-24-20-8-2-14(28(39)40)10-16(20)12-22(26(24)36)30(43)44/h1-12,35-36H,(H,37,38)(H,39,40)(H,41,42)(H,43,44). The number of aromatic carboxylic acids is 4. The number of nitrogens with zero attached hydrogens (tertiary/aromatic N) is 4. The zero-order chi connectivity index (χ0) is 31.7. The molecule has 14 heteroatoms. The van der Waals surface area contributed by atoms with Gasteiger partial charge >= 0.3 is 23.9 Å². The number of benzene rings is 5. The summed E-state index contributed by atoms with van der Waals surface area (Å²) in [5, 5.41) is 75.7. The van der Waals surface area contributed by atoms with Crippen LogP contribution in [0.2, 0.25) is 0 Å². The Morgan fingerprint density at radius 3 is 1.14 bits per heavy atom. The molecule has 0 aliphatic carbocycles. The lowest BCUT2D eigenvalue weighted by atomic mass is 10.0. The third-order valence-corrected chi connectivity index (χ3v) is 6.51. The summed E-state index contributed by atoms with van der Waals surface area (Å²) >= 11 is 0. The average molecular weight is 594 g/mol. The fourth-order valence-electron chi connectivity index (χ4n) is 4.35. The van der Waals surface area contributed by atoms with Gasteiger partial charge in [0, 0.05) is 10.8 Å². The number of hydrogen-bond acceptors (Lipinski definition) is 10. The van der Waals surface area contributed by atoms with E-state index in [9.17, 15) is 49.8 Å². The van der Waals surface area contributed by atoms with Gasteiger partial charge in [0.1, 0.15) is 22.5 Å². The molecule has 0 saturated carbocycles. The molecular formula is C30H18N4O10. The zero-order valence-corrected chi connectivity index (χ0v) is 22.0. The number of fused-ring (bicyclic) bond motifs is 2. The summed E-state index contributed by atoms with van der Waals surface area (Å²) in [6.45, 7) is 0. The SMILES string of the molecule is O=C(O)c1ccc2c(N=Nc3ccc(N=Nc4c(O)c(C(=O)O)cc5cc(C(=O)O)ccc45)cc3)c(O)c(C(=O)O)cc2c1. The number of aromatic hydroxyl groups is 2. The van der Waals surface area contributed by atoms with Crippen LogP contribution in [0.1, 0.15) is 41.4 Å². The highest BCUT2D eigenvalue weighted by molar-refractivity contribution is 6.07. The second-order valence-corrected chi connectivity index (χ2v) is 9.25. The first-order valence-corrected chi connectivity index (χ1v) is 12.4. The first-order chi connectivity index (χ1) is 20.9. The minimum Gasteiger partial charge on any atom is -0.505 e. The topological polar surface area (TPSA) is 239 Å². The highest BCUT2D eigenvalue weighted by atomic mass is 16.4. The second-order valence-electron chi connectivity index (χ2n) is 9.25. The van der Waals surface area contributed by atoms with Crippen LogP contribution in [0.25, 0.3) is 21.5 Å². The van der Waals surface area contributed by atoms with Gasteiger partial charge < -0.3 is 30.6 Å². The van der Waals surface area contributed by atoms with Crippen LogP contribution in [-0.2, 0) is 0 Å². The summed E-state index contributed by atoms with van der Waals surface area (Å²) < 4.78 is 0. The van der Waals surface area contributed by atoms with Crippen molar-refractivity contribution in [2.24, 2.45) is 20.5 Å². The Hall–Kier alpha value is -6.70. The molecule has 5 aromatic rings. The summed E-state index contributed by atoms with van der Waals surface area (Å²) in [5.74, 6) is -6.66. The van der Waals surface area contributed by atoms with Gasteiger partial charge in [-0.3, -0.25) is 0 Å². The Morgan fingerprint density at radius 2 is 0.818 bits per heavy atom. The van der Waals surface area contributed by atoms with E-state index in [1.165, 1.54) is 60.7 Å². The van der Waals surface area contributed by atoms with Crippen molar-refractivity contribution in [3.63, 3.8) is 0 Å². The molecule has 0 amide bonds. The largest absolute Gasteiger partial charge is 0.505 e. The predicted molar refractivity (Wildman–Crippen MR) is 154 cm³/mol. The van der Waals surface area contributed by atoms with Gasteiger partial charge in [0.2, 0.25) is 0 Å². The van der Waals surface area contributed by atoms with E-state index in [0.29, 0.717) is 0 Å². The summed E-state index contributed by atoms with van der Waals surface area (Å²) in [6, 6.07) is 15.9. The molecule has 0 bridgehead atoms. The fraction of sp³-hybridized carbons (Fsp3) is 0. The Labute approximate surface area is 245 Å². The van der Waals surface area contributed by atoms with E-state index in [4.69, 9.17) is 0 Å². The smallest absolute Gasteiger partial charge is 0.339 e. The van der Waals surface area contributed by atoms with Crippen LogP contribution in [0.3, 0.4) is 0 Å². The number of carboxylic acids is 4. The maximum atomic E-state index is 11.7. The quantitative estimate of drug-likeness (QED) is 0.100. The van der Waals surface area contributed by atoms with E-state index in [1.54, 1.807) is 0 Å². The highest BCUT2D eigenvalue weighted by Gasteiger charge is 2.20. The summed E-state index contributed by atoms with van der Waals surface area (Å²) in [7, 11) is 0. The predicted octanol–water partition coefficient (Wildman–Crippen LogP) is 7.03. The molecular weight excluding hydrogens is 576 g/mol. The lowest BCUT2D eigenvalue weighted by Crippen LogP contribution is -1.99. The van der Waals surface area contributed by atoms with Crippen LogP contribution in [0.5, 0.6) is 11.5 Å². The van der Waals surface area contributed by atoms with Crippen LogP contribution in [0.4, 0.5) is 22.7 Å². The molecule has 5 aromatic carbocycles. The molecule has 0 fully saturated rings. The summed E-state index contributed by atoms with van der Waals surface area (Å²) in [4.78, 5) is 46.0. The third-order valence-electron chi connectivity index (χ3n) is 6.51. The lowest BCUT2D eigenvalue weighted by Gasteiger charge is -2.09. The molecule has 0 aromatic heterocycles. The van der Waals surface area contributed by atoms with E-state index in [2.05, 4.69) is 20.5 Å². The van der Waals surface area contributed by atoms with Crippen molar-refractivity contribution < 1.29 is 49.8 Å². The van der Waals surface area contributed by atoms with Gasteiger partial charge in [-0.1, -0.05) is 12.1 Å². The molecule has 5 rings (SSSR count). The fourth-order valence-corrected chi connectivity index (χ4v) is 4.35. The molecule has 0 heterocycles. The molecule has 0 saturated heterocycles. The van der Waals surface area contributed by atoms with Gasteiger partial charge in [-0.2, -0.15) is 10.2 Å². The van der Waals surface area contributed by atoms with Crippen molar-refractivity contribution in [1.29, 1.82) is 0 Å². The number of azo groups is 2. The van der Waals surface area contributed by atoms with Gasteiger partial charge in [-0.25, -0.2) is 19.2 Å². The molecule has 44 heavy (non-hydrogen) atoms. The van der Waals surface area contributed by atoms with Gasteiger partial charge in [0.05, 0.1) is 22.5 Å². The monoisotopic (exact) mass is 594 g/mol. The van der Waals surface area contributed by atoms with Gasteiger partial charge in [0.15, 0.2) is 11.5 Å². The minimum absolute atomic E-state index is 0.0896. The maximum absolute atomic E-state index is 11.7. The first kappa shape index (κ1) is 28.8. The van der Waals surface area contributed by atoms with Crippen molar-refractivity contribution in [3.8, 4) is 11.5 Å². The molecule has 0 aliphatic rings. The molecule has 0 atom stereocenters. The minimum atomic E-state index is -1.45. The summed E-state index contributed by atoms with van der Waals surface area (Å²) in [6.07, 6.45) is 0. The molecule has 14 nitrogen and oxygen atoms in total. The van der Waals surface area contributed by atoms with Crippen LogP contribution in [0.15, 0.2) is 93.3 Å². The van der Waals surface area contributed by atoms with Gasteiger partial charge in [-0.15, -0.1) is 10.2 Å². The Morgan fingerprint density at radius 1 is 0.455 bits per heavy atom. The van der Waals surface area contributed by atoms with Gasteiger partial charge in [0.25, 0.3) is 0 Å². The van der Waals surface area contributed by atoms with Crippen molar-refractivity contribution in [1.82, 2.24) is 0 Å². The lowest BCUT2D eigenvalue weighted by molar-refractivity contribution is 0.0682. The maximum Gasteiger partial charge on any atom is 0.339 e. The average Bonchev–Trinajstić information content (AvgIpc) is 2.99. The Balaban J connectivity index is 1.48. The van der Waals surface area contributed by atoms with E-state index in [-0.39, 0.29) is 55.4 Å². The molecule has 0 aliphatic heterocycles. The van der Waals surface area contributed by atoms with E-state index in [1.807, 2.05) is 0 Å². The van der Waals surface area contributed by atoms with Gasteiger partial charge in [-0.05, 0) is 71.4 Å². The van der Waals surface area contributed by atoms with E-state index < -0.39 is 46.5 Å². The van der Waals surface area contributed by atoms with Crippen LogP contribution >= 0.6 is 0 Å². The molecule has 0 radical (unpaired) electrons. The highest BCUT2D eigenvalue weighted by Crippen LogP contribution is 2.41. The molecule has 0 spiro atoms. The first-order valence-electron chi connectivity index (χ1n) is 12.4. The Bertz CT molecular complexity index is 1950. The number of carboxylic acid groups (broad SMARTS) is 4. The second kappa shape index (κ2) is 11.3. The number of carbonyl (C=O) groups is 4. The Kier molecular flexibility index (Phi) is 7.39. The van der Waals surface area contributed by atoms with E-state index in [0.717, 1.165) is 12.1 Å². The van der Waals surface area contributed by atoms with Crippen LogP contribution in [-0.4, -0.2) is 54.5 Å². The van der Waals surface area contributed by atoms with Crippen molar-refractivity contribution in [2.75, 3.05) is 0 Å².